The van der Waals surface area contributed by atoms with Gasteiger partial charge < -0.3 is 5.32 Å². The predicted octanol–water partition coefficient (Wildman–Crippen LogP) is 1.27. The van der Waals surface area contributed by atoms with Crippen LogP contribution in [0, 0.1) is 0 Å². The topological polar surface area (TPSA) is 58.2 Å². The third kappa shape index (κ3) is 4.05. The molecule has 0 aromatic heterocycles. The van der Waals surface area contributed by atoms with Gasteiger partial charge in [-0.05, 0) is 37.1 Å². The van der Waals surface area contributed by atoms with Gasteiger partial charge >= 0.3 is 0 Å². The van der Waals surface area contributed by atoms with Crippen molar-refractivity contribution in [1.82, 2.24) is 10.0 Å². The van der Waals surface area contributed by atoms with E-state index < -0.39 is 10.0 Å². The summed E-state index contributed by atoms with van der Waals surface area (Å²) in [7, 11) is -3.14. The van der Waals surface area contributed by atoms with Gasteiger partial charge in [-0.15, -0.1) is 0 Å². The van der Waals surface area contributed by atoms with Gasteiger partial charge in [-0.3, -0.25) is 0 Å². The van der Waals surface area contributed by atoms with Crippen LogP contribution in [0.1, 0.15) is 12.0 Å². The molecule has 0 radical (unpaired) electrons. The van der Waals surface area contributed by atoms with Crippen molar-refractivity contribution in [1.29, 1.82) is 0 Å². The van der Waals surface area contributed by atoms with Crippen molar-refractivity contribution in [2.75, 3.05) is 12.8 Å². The third-order valence-corrected chi connectivity index (χ3v) is 4.28. The molecule has 1 fully saturated rings. The van der Waals surface area contributed by atoms with Crippen molar-refractivity contribution in [3.63, 3.8) is 0 Å². The minimum absolute atomic E-state index is 0.0148. The van der Waals surface area contributed by atoms with E-state index in [9.17, 15) is 8.42 Å². The molecule has 1 aliphatic heterocycles. The minimum Gasteiger partial charge on any atom is -0.312 e. The zero-order chi connectivity index (χ0) is 13.2. The number of benzene rings is 1. The van der Waals surface area contributed by atoms with Crippen LogP contribution in [0.5, 0.6) is 0 Å². The number of nitrogens with one attached hydrogen (secondary N) is 2. The maximum absolute atomic E-state index is 11.3. The Morgan fingerprint density at radius 1 is 1.50 bits per heavy atom. The first kappa shape index (κ1) is 14.0. The van der Waals surface area contributed by atoms with E-state index in [-0.39, 0.29) is 12.1 Å². The first-order valence-corrected chi connectivity index (χ1v) is 8.57. The van der Waals surface area contributed by atoms with Crippen molar-refractivity contribution in [3.8, 4) is 0 Å². The fraction of sp³-hybridized carbons (Fsp3) is 0.500. The van der Waals surface area contributed by atoms with Crippen molar-refractivity contribution in [2.24, 2.45) is 0 Å². The van der Waals surface area contributed by atoms with E-state index in [1.54, 1.807) is 0 Å². The van der Waals surface area contributed by atoms with Crippen LogP contribution in [0.4, 0.5) is 0 Å². The molecule has 0 bridgehead atoms. The Kier molecular flexibility index (Phi) is 4.42. The molecule has 0 unspecified atom stereocenters. The Balaban J connectivity index is 2.04. The van der Waals surface area contributed by atoms with E-state index in [1.165, 1.54) is 11.8 Å². The first-order valence-electron chi connectivity index (χ1n) is 5.89. The second-order valence-corrected chi connectivity index (χ2v) is 7.38. The van der Waals surface area contributed by atoms with E-state index in [2.05, 4.69) is 38.1 Å². The lowest BCUT2D eigenvalue weighted by atomic mass is 10.0. The van der Waals surface area contributed by atoms with E-state index in [1.807, 2.05) is 12.1 Å². The molecule has 2 atom stereocenters. The summed E-state index contributed by atoms with van der Waals surface area (Å²) in [6, 6.07) is 8.25. The minimum atomic E-state index is -3.14. The zero-order valence-corrected chi connectivity index (χ0v) is 12.6. The SMILES string of the molecule is CS(=O)(=O)N[C@H]1CCN[C@H]1Cc1cccc(Br)c1. The molecule has 2 N–H and O–H groups in total. The maximum atomic E-state index is 11.3. The molecule has 100 valence electrons. The molecule has 0 aliphatic carbocycles. The van der Waals surface area contributed by atoms with Crippen LogP contribution in [-0.2, 0) is 16.4 Å². The van der Waals surface area contributed by atoms with Gasteiger partial charge in [-0.2, -0.15) is 0 Å². The number of hydrogen-bond donors (Lipinski definition) is 2. The molecule has 1 heterocycles. The molecule has 0 saturated carbocycles. The molecule has 4 nitrogen and oxygen atoms in total. The Labute approximate surface area is 116 Å². The second kappa shape index (κ2) is 5.69. The van der Waals surface area contributed by atoms with Crippen LogP contribution in [0.15, 0.2) is 28.7 Å². The quantitative estimate of drug-likeness (QED) is 0.873. The average Bonchev–Trinajstić information content (AvgIpc) is 2.63. The van der Waals surface area contributed by atoms with Gasteiger partial charge in [-0.25, -0.2) is 13.1 Å². The van der Waals surface area contributed by atoms with Crippen molar-refractivity contribution in [2.45, 2.75) is 24.9 Å². The molecule has 6 heteroatoms. The van der Waals surface area contributed by atoms with Crippen molar-refractivity contribution >= 4 is 26.0 Å². The maximum Gasteiger partial charge on any atom is 0.209 e. The van der Waals surface area contributed by atoms with Crippen LogP contribution in [0.25, 0.3) is 0 Å². The number of rotatable bonds is 4. The smallest absolute Gasteiger partial charge is 0.209 e. The van der Waals surface area contributed by atoms with Gasteiger partial charge in [0.05, 0.1) is 6.26 Å². The zero-order valence-electron chi connectivity index (χ0n) is 10.2. The molecular weight excluding hydrogens is 316 g/mol. The van der Waals surface area contributed by atoms with Gasteiger partial charge in [0, 0.05) is 16.6 Å². The molecule has 1 saturated heterocycles. The van der Waals surface area contributed by atoms with E-state index >= 15 is 0 Å². The summed E-state index contributed by atoms with van der Waals surface area (Å²) < 4.78 is 26.3. The molecule has 1 aliphatic rings. The molecular formula is C12H17BrN2O2S. The van der Waals surface area contributed by atoms with Gasteiger partial charge in [0.1, 0.15) is 0 Å². The van der Waals surface area contributed by atoms with Crippen LogP contribution in [0.2, 0.25) is 0 Å². The highest BCUT2D eigenvalue weighted by Crippen LogP contribution is 2.17. The number of hydrogen-bond acceptors (Lipinski definition) is 3. The Morgan fingerprint density at radius 2 is 2.28 bits per heavy atom. The van der Waals surface area contributed by atoms with Gasteiger partial charge in [0.15, 0.2) is 0 Å². The molecule has 0 amide bonds. The second-order valence-electron chi connectivity index (χ2n) is 4.68. The summed E-state index contributed by atoms with van der Waals surface area (Å²) >= 11 is 3.44. The largest absolute Gasteiger partial charge is 0.312 e. The van der Waals surface area contributed by atoms with Crippen LogP contribution < -0.4 is 10.0 Å². The highest BCUT2D eigenvalue weighted by atomic mass is 79.9. The fourth-order valence-electron chi connectivity index (χ4n) is 2.32. The van der Waals surface area contributed by atoms with Crippen LogP contribution in [-0.4, -0.2) is 33.3 Å². The number of halogens is 1. The summed E-state index contributed by atoms with van der Waals surface area (Å²) in [6.45, 7) is 0.853. The van der Waals surface area contributed by atoms with E-state index in [4.69, 9.17) is 0 Å². The van der Waals surface area contributed by atoms with Crippen molar-refractivity contribution in [3.05, 3.63) is 34.3 Å². The van der Waals surface area contributed by atoms with Gasteiger partial charge in [-0.1, -0.05) is 28.1 Å². The normalized spacial score (nSPS) is 24.3. The van der Waals surface area contributed by atoms with Gasteiger partial charge in [0.2, 0.25) is 10.0 Å². The lowest BCUT2D eigenvalue weighted by Gasteiger charge is -2.20. The summed E-state index contributed by atoms with van der Waals surface area (Å²) in [5.41, 5.74) is 1.20. The van der Waals surface area contributed by atoms with Gasteiger partial charge in [0.25, 0.3) is 0 Å². The standard InChI is InChI=1S/C12H17BrN2O2S/c1-18(16,17)15-11-5-6-14-12(11)8-9-3-2-4-10(13)7-9/h2-4,7,11-12,14-15H,5-6,8H2,1H3/t11-,12-/m0/s1. The summed E-state index contributed by atoms with van der Waals surface area (Å²) in [4.78, 5) is 0. The third-order valence-electron chi connectivity index (χ3n) is 3.06. The molecule has 2 rings (SSSR count). The summed E-state index contributed by atoms with van der Waals surface area (Å²) in [6.07, 6.45) is 2.87. The Bertz CT molecular complexity index is 519. The molecule has 1 aromatic rings. The summed E-state index contributed by atoms with van der Waals surface area (Å²) in [5, 5.41) is 3.35. The van der Waals surface area contributed by atoms with Crippen LogP contribution in [0.3, 0.4) is 0 Å². The highest BCUT2D eigenvalue weighted by Gasteiger charge is 2.28. The lowest BCUT2D eigenvalue weighted by Crippen LogP contribution is -2.44. The Hall–Kier alpha value is -0.430. The highest BCUT2D eigenvalue weighted by molar-refractivity contribution is 9.10. The van der Waals surface area contributed by atoms with E-state index in [0.717, 1.165) is 23.9 Å². The van der Waals surface area contributed by atoms with E-state index in [0.29, 0.717) is 0 Å². The summed E-state index contributed by atoms with van der Waals surface area (Å²) in [5.74, 6) is 0. The number of sulfonamides is 1. The van der Waals surface area contributed by atoms with Crippen molar-refractivity contribution < 1.29 is 8.42 Å². The molecule has 0 spiro atoms. The average molecular weight is 333 g/mol. The Morgan fingerprint density at radius 3 is 2.94 bits per heavy atom. The van der Waals surface area contributed by atoms with Crippen LogP contribution >= 0.6 is 15.9 Å². The first-order chi connectivity index (χ1) is 8.44. The fourth-order valence-corrected chi connectivity index (χ4v) is 3.59. The predicted molar refractivity (Wildman–Crippen MR) is 76.0 cm³/mol. The monoisotopic (exact) mass is 332 g/mol. The lowest BCUT2D eigenvalue weighted by molar-refractivity contribution is 0.494. The molecule has 1 aromatic carbocycles. The molecule has 18 heavy (non-hydrogen) atoms.